The Hall–Kier alpha value is -2.35. The van der Waals surface area contributed by atoms with Gasteiger partial charge in [-0.2, -0.15) is 0 Å². The van der Waals surface area contributed by atoms with Crippen molar-refractivity contribution in [3.05, 3.63) is 120 Å². The van der Waals surface area contributed by atoms with E-state index in [-0.39, 0.29) is 12.4 Å². The Kier molecular flexibility index (Phi) is 8.14. The molecule has 1 atom stereocenters. The lowest BCUT2D eigenvalue weighted by Crippen LogP contribution is -2.34. The molecule has 0 unspecified atom stereocenters. The second-order valence-electron chi connectivity index (χ2n) is 6.37. The fourth-order valence-corrected chi connectivity index (χ4v) is 3.14. The Labute approximate surface area is 163 Å². The molecule has 134 valence electrons. The van der Waals surface area contributed by atoms with Crippen LogP contribution in [0.4, 0.5) is 0 Å². The molecular formula is C24H26ClN. The van der Waals surface area contributed by atoms with Gasteiger partial charge in [-0.25, -0.2) is 0 Å². The summed E-state index contributed by atoms with van der Waals surface area (Å²) in [5, 5.41) is 0. The molecule has 3 aromatic carbocycles. The first-order valence-corrected chi connectivity index (χ1v) is 8.83. The molecule has 0 spiro atoms. The van der Waals surface area contributed by atoms with Crippen LogP contribution >= 0.6 is 12.4 Å². The van der Waals surface area contributed by atoms with Crippen molar-refractivity contribution in [1.29, 1.82) is 0 Å². The van der Waals surface area contributed by atoms with Crippen LogP contribution in [0, 0.1) is 0 Å². The maximum absolute atomic E-state index is 4.12. The average molecular weight is 364 g/mol. The van der Waals surface area contributed by atoms with Gasteiger partial charge in [0.05, 0.1) is 0 Å². The van der Waals surface area contributed by atoms with E-state index in [0.717, 1.165) is 19.5 Å². The molecule has 3 rings (SSSR count). The maximum atomic E-state index is 4.12. The SMILES string of the molecule is C=C[C@H](Cc1ccccc1)N(Cc1ccccc1)Cc1ccccc1.Cl. The number of benzene rings is 3. The van der Waals surface area contributed by atoms with E-state index < -0.39 is 0 Å². The van der Waals surface area contributed by atoms with E-state index >= 15 is 0 Å². The molecule has 3 aromatic rings. The lowest BCUT2D eigenvalue weighted by Gasteiger charge is -2.30. The number of nitrogens with zero attached hydrogens (tertiary/aromatic N) is 1. The smallest absolute Gasteiger partial charge is 0.0323 e. The van der Waals surface area contributed by atoms with E-state index in [9.17, 15) is 0 Å². The fourth-order valence-electron chi connectivity index (χ4n) is 3.14. The zero-order valence-electron chi connectivity index (χ0n) is 15.0. The van der Waals surface area contributed by atoms with Gasteiger partial charge in [0, 0.05) is 19.1 Å². The monoisotopic (exact) mass is 363 g/mol. The molecule has 0 bridgehead atoms. The van der Waals surface area contributed by atoms with Crippen LogP contribution in [-0.4, -0.2) is 10.9 Å². The molecule has 0 N–H and O–H groups in total. The van der Waals surface area contributed by atoms with Gasteiger partial charge in [-0.1, -0.05) is 97.1 Å². The third-order valence-electron chi connectivity index (χ3n) is 4.49. The summed E-state index contributed by atoms with van der Waals surface area (Å²) < 4.78 is 0. The molecule has 0 amide bonds. The Morgan fingerprint density at radius 3 is 1.42 bits per heavy atom. The summed E-state index contributed by atoms with van der Waals surface area (Å²) >= 11 is 0. The van der Waals surface area contributed by atoms with Crippen molar-refractivity contribution in [1.82, 2.24) is 4.90 Å². The van der Waals surface area contributed by atoms with Crippen molar-refractivity contribution >= 4 is 12.4 Å². The zero-order valence-corrected chi connectivity index (χ0v) is 15.8. The first kappa shape index (κ1) is 20.0. The van der Waals surface area contributed by atoms with Crippen molar-refractivity contribution in [3.63, 3.8) is 0 Å². The van der Waals surface area contributed by atoms with Crippen molar-refractivity contribution in [2.24, 2.45) is 0 Å². The Balaban J connectivity index is 0.00000243. The molecule has 2 heteroatoms. The molecule has 0 saturated carbocycles. The molecular weight excluding hydrogens is 338 g/mol. The van der Waals surface area contributed by atoms with Gasteiger partial charge in [0.25, 0.3) is 0 Å². The van der Waals surface area contributed by atoms with Gasteiger partial charge >= 0.3 is 0 Å². The van der Waals surface area contributed by atoms with Gasteiger partial charge in [0.2, 0.25) is 0 Å². The van der Waals surface area contributed by atoms with Gasteiger partial charge in [-0.05, 0) is 23.1 Å². The summed E-state index contributed by atoms with van der Waals surface area (Å²) in [5.74, 6) is 0. The van der Waals surface area contributed by atoms with Crippen LogP contribution in [0.3, 0.4) is 0 Å². The predicted molar refractivity (Wildman–Crippen MR) is 114 cm³/mol. The molecule has 0 fully saturated rings. The van der Waals surface area contributed by atoms with Crippen molar-refractivity contribution in [3.8, 4) is 0 Å². The average Bonchev–Trinajstić information content (AvgIpc) is 2.68. The van der Waals surface area contributed by atoms with Gasteiger partial charge in [0.1, 0.15) is 0 Å². The second-order valence-corrected chi connectivity index (χ2v) is 6.37. The minimum Gasteiger partial charge on any atom is -0.288 e. The highest BCUT2D eigenvalue weighted by Crippen LogP contribution is 2.17. The van der Waals surface area contributed by atoms with Crippen molar-refractivity contribution < 1.29 is 0 Å². The molecule has 0 radical (unpaired) electrons. The third-order valence-corrected chi connectivity index (χ3v) is 4.49. The summed E-state index contributed by atoms with van der Waals surface area (Å²) in [6, 6.07) is 32.3. The van der Waals surface area contributed by atoms with E-state index in [0.29, 0.717) is 6.04 Å². The minimum atomic E-state index is 0. The minimum absolute atomic E-state index is 0. The summed E-state index contributed by atoms with van der Waals surface area (Å²) in [4.78, 5) is 2.50. The highest BCUT2D eigenvalue weighted by atomic mass is 35.5. The van der Waals surface area contributed by atoms with Gasteiger partial charge in [-0.3, -0.25) is 4.90 Å². The molecule has 0 heterocycles. The zero-order chi connectivity index (χ0) is 17.3. The highest BCUT2D eigenvalue weighted by molar-refractivity contribution is 5.85. The van der Waals surface area contributed by atoms with E-state index in [2.05, 4.69) is 109 Å². The van der Waals surface area contributed by atoms with Crippen LogP contribution in [0.25, 0.3) is 0 Å². The van der Waals surface area contributed by atoms with Gasteiger partial charge in [0.15, 0.2) is 0 Å². The molecule has 1 nitrogen and oxygen atoms in total. The summed E-state index contributed by atoms with van der Waals surface area (Å²) in [5.41, 5.74) is 4.01. The van der Waals surface area contributed by atoms with E-state index in [1.165, 1.54) is 16.7 Å². The lowest BCUT2D eigenvalue weighted by molar-refractivity contribution is 0.210. The first-order chi connectivity index (χ1) is 12.3. The second kappa shape index (κ2) is 10.6. The predicted octanol–water partition coefficient (Wildman–Crippen LogP) is 5.91. The third kappa shape index (κ3) is 5.87. The maximum Gasteiger partial charge on any atom is 0.0323 e. The first-order valence-electron chi connectivity index (χ1n) is 8.83. The van der Waals surface area contributed by atoms with Crippen molar-refractivity contribution in [2.45, 2.75) is 25.6 Å². The lowest BCUT2D eigenvalue weighted by atomic mass is 10.0. The van der Waals surface area contributed by atoms with Crippen LogP contribution in [-0.2, 0) is 19.5 Å². The normalized spacial score (nSPS) is 11.6. The van der Waals surface area contributed by atoms with Crippen LogP contribution < -0.4 is 0 Å². The van der Waals surface area contributed by atoms with E-state index in [1.807, 2.05) is 0 Å². The highest BCUT2D eigenvalue weighted by Gasteiger charge is 2.17. The largest absolute Gasteiger partial charge is 0.288 e. The number of hydrogen-bond acceptors (Lipinski definition) is 1. The van der Waals surface area contributed by atoms with Gasteiger partial charge in [-0.15, -0.1) is 19.0 Å². The molecule has 0 aromatic heterocycles. The van der Waals surface area contributed by atoms with Crippen LogP contribution in [0.15, 0.2) is 104 Å². The fraction of sp³-hybridized carbons (Fsp3) is 0.167. The number of rotatable bonds is 8. The van der Waals surface area contributed by atoms with E-state index in [1.54, 1.807) is 0 Å². The summed E-state index contributed by atoms with van der Waals surface area (Å²) in [6.45, 7) is 5.95. The quantitative estimate of drug-likeness (QED) is 0.450. The summed E-state index contributed by atoms with van der Waals surface area (Å²) in [6.07, 6.45) is 3.06. The Morgan fingerprint density at radius 1 is 0.654 bits per heavy atom. The molecule has 0 aliphatic carbocycles. The van der Waals surface area contributed by atoms with Gasteiger partial charge < -0.3 is 0 Å². The number of halogens is 1. The number of hydrogen-bond donors (Lipinski definition) is 0. The molecule has 26 heavy (non-hydrogen) atoms. The topological polar surface area (TPSA) is 3.24 Å². The summed E-state index contributed by atoms with van der Waals surface area (Å²) in [7, 11) is 0. The molecule has 0 saturated heterocycles. The Bertz CT molecular complexity index is 714. The Morgan fingerprint density at radius 2 is 1.04 bits per heavy atom. The van der Waals surface area contributed by atoms with Crippen molar-refractivity contribution in [2.75, 3.05) is 0 Å². The molecule has 0 aliphatic heterocycles. The molecule has 0 aliphatic rings. The van der Waals surface area contributed by atoms with E-state index in [4.69, 9.17) is 0 Å². The van der Waals surface area contributed by atoms with Crippen LogP contribution in [0.5, 0.6) is 0 Å². The van der Waals surface area contributed by atoms with Crippen LogP contribution in [0.1, 0.15) is 16.7 Å². The standard InChI is InChI=1S/C24H25N.ClH/c1-2-24(18-21-12-6-3-7-13-21)25(19-22-14-8-4-9-15-22)20-23-16-10-5-11-17-23;/h2-17,24H,1,18-20H2;1H/t24-;/m1./s1. The van der Waals surface area contributed by atoms with Crippen LogP contribution in [0.2, 0.25) is 0 Å².